The normalized spacial score (nSPS) is 19.2. The SMILES string of the molecule is O=C(COc1cccc(C(F)(F)F)c1)N[C@H]1CC[C@H](c2nnc(OCCC(F)(F)F)o2)NC1. The minimum absolute atomic E-state index is 0.0774. The van der Waals surface area contributed by atoms with Gasteiger partial charge in [0.05, 0.1) is 18.0 Å². The van der Waals surface area contributed by atoms with Crippen molar-refractivity contribution in [1.29, 1.82) is 0 Å². The molecule has 0 spiro atoms. The monoisotopic (exact) mass is 482 g/mol. The van der Waals surface area contributed by atoms with Crippen LogP contribution in [0.1, 0.15) is 36.8 Å². The third kappa shape index (κ3) is 7.80. The zero-order chi connectivity index (χ0) is 24.1. The molecule has 0 saturated carbocycles. The molecule has 1 fully saturated rings. The van der Waals surface area contributed by atoms with E-state index in [-0.39, 0.29) is 29.8 Å². The van der Waals surface area contributed by atoms with E-state index in [1.807, 2.05) is 0 Å². The Bertz CT molecular complexity index is 925. The number of piperidine rings is 1. The van der Waals surface area contributed by atoms with Crippen molar-refractivity contribution in [2.45, 2.75) is 43.7 Å². The number of benzene rings is 1. The molecule has 1 saturated heterocycles. The Hall–Kier alpha value is -3.03. The van der Waals surface area contributed by atoms with E-state index in [0.29, 0.717) is 19.4 Å². The third-order valence-corrected chi connectivity index (χ3v) is 4.64. The predicted octanol–water partition coefficient (Wildman–Crippen LogP) is 3.41. The Morgan fingerprint density at radius 3 is 2.61 bits per heavy atom. The van der Waals surface area contributed by atoms with Gasteiger partial charge in [-0.2, -0.15) is 26.3 Å². The molecule has 0 radical (unpaired) electrons. The molecule has 2 aromatic rings. The Balaban J connectivity index is 1.39. The van der Waals surface area contributed by atoms with E-state index in [2.05, 4.69) is 20.8 Å². The first-order valence-electron chi connectivity index (χ1n) is 9.85. The zero-order valence-corrected chi connectivity index (χ0v) is 17.0. The van der Waals surface area contributed by atoms with E-state index in [9.17, 15) is 31.1 Å². The number of amides is 1. The Morgan fingerprint density at radius 1 is 1.15 bits per heavy atom. The number of alkyl halides is 6. The quantitative estimate of drug-likeness (QED) is 0.557. The number of hydrogen-bond acceptors (Lipinski definition) is 7. The van der Waals surface area contributed by atoms with Crippen molar-refractivity contribution in [2.75, 3.05) is 19.8 Å². The van der Waals surface area contributed by atoms with Crippen LogP contribution in [0.4, 0.5) is 26.3 Å². The maximum Gasteiger partial charge on any atom is 0.416 e. The molecule has 2 N–H and O–H groups in total. The van der Waals surface area contributed by atoms with Gasteiger partial charge < -0.3 is 24.5 Å². The van der Waals surface area contributed by atoms with Gasteiger partial charge in [-0.3, -0.25) is 4.79 Å². The highest BCUT2D eigenvalue weighted by molar-refractivity contribution is 5.77. The fraction of sp³-hybridized carbons (Fsp3) is 0.526. The average Bonchev–Trinajstić information content (AvgIpc) is 3.20. The molecule has 1 amide bonds. The van der Waals surface area contributed by atoms with Crippen molar-refractivity contribution in [1.82, 2.24) is 20.8 Å². The summed E-state index contributed by atoms with van der Waals surface area (Å²) < 4.78 is 89.7. The van der Waals surface area contributed by atoms with Crippen LogP contribution in [-0.4, -0.2) is 48.1 Å². The molecule has 14 heteroatoms. The van der Waals surface area contributed by atoms with Gasteiger partial charge in [-0.25, -0.2) is 0 Å². The van der Waals surface area contributed by atoms with E-state index in [1.54, 1.807) is 0 Å². The molecule has 33 heavy (non-hydrogen) atoms. The molecule has 2 heterocycles. The number of halogens is 6. The highest BCUT2D eigenvalue weighted by Gasteiger charge is 2.31. The number of aromatic nitrogens is 2. The topological polar surface area (TPSA) is 98.5 Å². The van der Waals surface area contributed by atoms with Gasteiger partial charge in [0, 0.05) is 12.6 Å². The molecular formula is C19H20F6N4O4. The molecule has 1 aliphatic heterocycles. The van der Waals surface area contributed by atoms with Gasteiger partial charge in [0.1, 0.15) is 12.4 Å². The van der Waals surface area contributed by atoms with Crippen molar-refractivity contribution in [2.24, 2.45) is 0 Å². The first kappa shape index (κ1) is 24.6. The summed E-state index contributed by atoms with van der Waals surface area (Å²) in [7, 11) is 0. The smallest absolute Gasteiger partial charge is 0.416 e. The lowest BCUT2D eigenvalue weighted by molar-refractivity contribution is -0.140. The van der Waals surface area contributed by atoms with E-state index in [4.69, 9.17) is 13.9 Å². The summed E-state index contributed by atoms with van der Waals surface area (Å²) in [5.41, 5.74) is -0.877. The number of hydrogen-bond donors (Lipinski definition) is 2. The number of rotatable bonds is 8. The van der Waals surface area contributed by atoms with Crippen molar-refractivity contribution < 1.29 is 45.0 Å². The van der Waals surface area contributed by atoms with Crippen LogP contribution in [0, 0.1) is 0 Å². The maximum absolute atomic E-state index is 12.7. The summed E-state index contributed by atoms with van der Waals surface area (Å²) in [6, 6.07) is 3.58. The van der Waals surface area contributed by atoms with Crippen molar-refractivity contribution >= 4 is 5.91 Å². The summed E-state index contributed by atoms with van der Waals surface area (Å²) in [5, 5.41) is 13.1. The second-order valence-corrected chi connectivity index (χ2v) is 7.24. The van der Waals surface area contributed by atoms with Crippen LogP contribution in [0.15, 0.2) is 28.7 Å². The van der Waals surface area contributed by atoms with E-state index in [1.165, 1.54) is 12.1 Å². The van der Waals surface area contributed by atoms with Gasteiger partial charge in [-0.05, 0) is 31.0 Å². The third-order valence-electron chi connectivity index (χ3n) is 4.64. The second-order valence-electron chi connectivity index (χ2n) is 7.24. The van der Waals surface area contributed by atoms with E-state index < -0.39 is 43.5 Å². The molecule has 182 valence electrons. The lowest BCUT2D eigenvalue weighted by Gasteiger charge is -2.28. The van der Waals surface area contributed by atoms with Crippen LogP contribution in [0.5, 0.6) is 11.8 Å². The van der Waals surface area contributed by atoms with Crippen LogP contribution < -0.4 is 20.1 Å². The summed E-state index contributed by atoms with van der Waals surface area (Å²) in [5.74, 6) is -0.433. The molecule has 1 aromatic carbocycles. The lowest BCUT2D eigenvalue weighted by atomic mass is 10.0. The van der Waals surface area contributed by atoms with E-state index in [0.717, 1.165) is 12.1 Å². The molecule has 1 aliphatic rings. The molecule has 0 unspecified atom stereocenters. The van der Waals surface area contributed by atoms with Crippen molar-refractivity contribution in [3.05, 3.63) is 35.7 Å². The van der Waals surface area contributed by atoms with Crippen LogP contribution in [-0.2, 0) is 11.0 Å². The van der Waals surface area contributed by atoms with Crippen LogP contribution in [0.2, 0.25) is 0 Å². The molecular weight excluding hydrogens is 462 g/mol. The van der Waals surface area contributed by atoms with Crippen LogP contribution >= 0.6 is 0 Å². The van der Waals surface area contributed by atoms with Gasteiger partial charge in [0.2, 0.25) is 5.89 Å². The minimum Gasteiger partial charge on any atom is -0.484 e. The summed E-state index contributed by atoms with van der Waals surface area (Å²) in [6.07, 6.45) is -9.39. The average molecular weight is 482 g/mol. The zero-order valence-electron chi connectivity index (χ0n) is 17.0. The molecule has 2 atom stereocenters. The largest absolute Gasteiger partial charge is 0.484 e. The van der Waals surface area contributed by atoms with Crippen LogP contribution in [0.3, 0.4) is 0 Å². The van der Waals surface area contributed by atoms with Gasteiger partial charge >= 0.3 is 18.4 Å². The minimum atomic E-state index is -4.51. The number of carbonyl (C=O) groups is 1. The second kappa shape index (κ2) is 10.3. The highest BCUT2D eigenvalue weighted by Crippen LogP contribution is 2.31. The summed E-state index contributed by atoms with van der Waals surface area (Å²) in [4.78, 5) is 12.1. The van der Waals surface area contributed by atoms with Gasteiger partial charge in [-0.1, -0.05) is 11.2 Å². The fourth-order valence-electron chi connectivity index (χ4n) is 3.04. The lowest BCUT2D eigenvalue weighted by Crippen LogP contribution is -2.48. The molecule has 0 bridgehead atoms. The standard InChI is InChI=1S/C19H20F6N4O4/c20-18(21,22)6-7-31-17-29-28-16(33-17)14-5-4-12(9-26-14)27-15(30)10-32-13-3-1-2-11(8-13)19(23,24)25/h1-3,8,12,14,26H,4-7,9-10H2,(H,27,30)/t12-,14+/m0/s1. The van der Waals surface area contributed by atoms with Crippen molar-refractivity contribution in [3.8, 4) is 11.8 Å². The van der Waals surface area contributed by atoms with E-state index >= 15 is 0 Å². The first-order chi connectivity index (χ1) is 15.5. The fourth-order valence-corrected chi connectivity index (χ4v) is 3.04. The Morgan fingerprint density at radius 2 is 1.94 bits per heavy atom. The highest BCUT2D eigenvalue weighted by atomic mass is 19.4. The number of nitrogens with one attached hydrogen (secondary N) is 2. The van der Waals surface area contributed by atoms with Gasteiger partial charge in [0.25, 0.3) is 5.91 Å². The molecule has 3 rings (SSSR count). The maximum atomic E-state index is 12.7. The first-order valence-corrected chi connectivity index (χ1v) is 9.85. The Labute approximate surface area is 183 Å². The molecule has 8 nitrogen and oxygen atoms in total. The predicted molar refractivity (Wildman–Crippen MR) is 99.3 cm³/mol. The van der Waals surface area contributed by atoms with Gasteiger partial charge in [-0.15, -0.1) is 5.10 Å². The molecule has 1 aromatic heterocycles. The number of nitrogens with zero attached hydrogens (tertiary/aromatic N) is 2. The summed E-state index contributed by atoms with van der Waals surface area (Å²) >= 11 is 0. The number of carbonyl (C=O) groups excluding carboxylic acids is 1. The summed E-state index contributed by atoms with van der Waals surface area (Å²) in [6.45, 7) is -0.768. The van der Waals surface area contributed by atoms with Gasteiger partial charge in [0.15, 0.2) is 6.61 Å². The number of ether oxygens (including phenoxy) is 2. The Kier molecular flexibility index (Phi) is 7.66. The molecule has 0 aliphatic carbocycles. The van der Waals surface area contributed by atoms with Crippen molar-refractivity contribution in [3.63, 3.8) is 0 Å². The van der Waals surface area contributed by atoms with Crippen LogP contribution in [0.25, 0.3) is 0 Å².